The number of aromatic nitrogens is 5. The van der Waals surface area contributed by atoms with Crippen molar-refractivity contribution >= 4 is 28.4 Å². The van der Waals surface area contributed by atoms with Gasteiger partial charge in [0, 0.05) is 24.7 Å². The van der Waals surface area contributed by atoms with Crippen LogP contribution in [0.15, 0.2) is 58.6 Å². The Labute approximate surface area is 142 Å². The Bertz CT molecular complexity index is 1070. The molecule has 0 aliphatic rings. The van der Waals surface area contributed by atoms with Gasteiger partial charge in [0.25, 0.3) is 5.56 Å². The largest absolute Gasteiger partial charge is 0.279 e. The Morgan fingerprint density at radius 2 is 1.92 bits per heavy atom. The zero-order chi connectivity index (χ0) is 16.5. The number of pyridine rings is 1. The standard InChI is InChI=1S/C17H15N5OS/c1-21-15(23)13-7-2-3-8-14(13)22-16(21)19-20-17(22)24-11-9-12-6-4-5-10-18-12/h2-8,10H,9,11H2,1H3. The van der Waals surface area contributed by atoms with Crippen LogP contribution in [0.4, 0.5) is 0 Å². The Hall–Kier alpha value is -2.67. The van der Waals surface area contributed by atoms with E-state index in [0.29, 0.717) is 11.2 Å². The third-order valence-corrected chi connectivity index (χ3v) is 4.84. The van der Waals surface area contributed by atoms with Gasteiger partial charge in [-0.3, -0.25) is 18.7 Å². The summed E-state index contributed by atoms with van der Waals surface area (Å²) in [6.07, 6.45) is 2.65. The lowest BCUT2D eigenvalue weighted by molar-refractivity contribution is 0.853. The zero-order valence-electron chi connectivity index (χ0n) is 13.1. The van der Waals surface area contributed by atoms with Crippen LogP contribution in [0.1, 0.15) is 5.69 Å². The van der Waals surface area contributed by atoms with E-state index in [9.17, 15) is 4.79 Å². The van der Waals surface area contributed by atoms with E-state index in [2.05, 4.69) is 15.2 Å². The summed E-state index contributed by atoms with van der Waals surface area (Å²) in [6.45, 7) is 0. The van der Waals surface area contributed by atoms with Crippen LogP contribution in [0.25, 0.3) is 16.7 Å². The lowest BCUT2D eigenvalue weighted by atomic mass is 10.2. The number of hydrogen-bond donors (Lipinski definition) is 0. The summed E-state index contributed by atoms with van der Waals surface area (Å²) >= 11 is 1.61. The lowest BCUT2D eigenvalue weighted by Gasteiger charge is -2.07. The van der Waals surface area contributed by atoms with Crippen molar-refractivity contribution in [2.24, 2.45) is 7.05 Å². The van der Waals surface area contributed by atoms with Gasteiger partial charge in [-0.2, -0.15) is 0 Å². The molecule has 0 radical (unpaired) electrons. The first-order chi connectivity index (χ1) is 11.8. The molecule has 24 heavy (non-hydrogen) atoms. The fraction of sp³-hybridized carbons (Fsp3) is 0.176. The summed E-state index contributed by atoms with van der Waals surface area (Å²) in [7, 11) is 1.72. The molecule has 0 N–H and O–H groups in total. The molecule has 0 fully saturated rings. The van der Waals surface area contributed by atoms with Crippen molar-refractivity contribution in [1.29, 1.82) is 0 Å². The Morgan fingerprint density at radius 1 is 1.08 bits per heavy atom. The summed E-state index contributed by atoms with van der Waals surface area (Å²) in [5, 5.41) is 9.92. The second-order valence-electron chi connectivity index (χ2n) is 5.42. The fourth-order valence-corrected chi connectivity index (χ4v) is 3.60. The summed E-state index contributed by atoms with van der Waals surface area (Å²) in [5.41, 5.74) is 1.83. The normalized spacial score (nSPS) is 11.4. The highest BCUT2D eigenvalue weighted by Crippen LogP contribution is 2.21. The minimum absolute atomic E-state index is 0.0597. The van der Waals surface area contributed by atoms with E-state index in [1.54, 1.807) is 25.0 Å². The smallest absolute Gasteiger partial charge is 0.262 e. The first-order valence-corrected chi connectivity index (χ1v) is 8.60. The highest BCUT2D eigenvalue weighted by Gasteiger charge is 2.14. The molecule has 120 valence electrons. The molecule has 0 bridgehead atoms. The van der Waals surface area contributed by atoms with E-state index >= 15 is 0 Å². The number of aryl methyl sites for hydroxylation is 2. The van der Waals surface area contributed by atoms with Gasteiger partial charge < -0.3 is 0 Å². The molecule has 3 heterocycles. The third kappa shape index (κ3) is 2.46. The molecule has 3 aromatic heterocycles. The van der Waals surface area contributed by atoms with Crippen molar-refractivity contribution in [2.75, 3.05) is 5.75 Å². The quantitative estimate of drug-likeness (QED) is 0.535. The van der Waals surface area contributed by atoms with E-state index in [-0.39, 0.29) is 5.56 Å². The minimum atomic E-state index is -0.0597. The van der Waals surface area contributed by atoms with Crippen molar-refractivity contribution < 1.29 is 0 Å². The van der Waals surface area contributed by atoms with Crippen LogP contribution in [0.3, 0.4) is 0 Å². The van der Waals surface area contributed by atoms with E-state index in [1.165, 1.54) is 4.57 Å². The topological polar surface area (TPSA) is 65.1 Å². The maximum absolute atomic E-state index is 12.4. The molecular weight excluding hydrogens is 322 g/mol. The predicted molar refractivity (Wildman–Crippen MR) is 94.4 cm³/mol. The molecule has 7 heteroatoms. The number of para-hydroxylation sites is 1. The molecule has 0 spiro atoms. The fourth-order valence-electron chi connectivity index (χ4n) is 2.70. The lowest BCUT2D eigenvalue weighted by Crippen LogP contribution is -2.20. The summed E-state index contributed by atoms with van der Waals surface area (Å²) in [5.74, 6) is 1.40. The number of benzene rings is 1. The van der Waals surface area contributed by atoms with Crippen LogP contribution in [0.5, 0.6) is 0 Å². The molecule has 0 amide bonds. The van der Waals surface area contributed by atoms with E-state index < -0.39 is 0 Å². The summed E-state index contributed by atoms with van der Waals surface area (Å²) in [6, 6.07) is 13.5. The molecule has 0 aliphatic carbocycles. The van der Waals surface area contributed by atoms with Crippen LogP contribution in [-0.2, 0) is 13.5 Å². The van der Waals surface area contributed by atoms with E-state index in [0.717, 1.165) is 28.5 Å². The highest BCUT2D eigenvalue weighted by atomic mass is 32.2. The summed E-state index contributed by atoms with van der Waals surface area (Å²) < 4.78 is 3.48. The van der Waals surface area contributed by atoms with Crippen molar-refractivity contribution in [3.05, 3.63) is 64.7 Å². The van der Waals surface area contributed by atoms with Gasteiger partial charge >= 0.3 is 0 Å². The molecule has 0 saturated heterocycles. The maximum atomic E-state index is 12.4. The van der Waals surface area contributed by atoms with Gasteiger partial charge in [-0.05, 0) is 30.7 Å². The first kappa shape index (κ1) is 14.9. The molecule has 0 atom stereocenters. The maximum Gasteiger partial charge on any atom is 0.262 e. The predicted octanol–water partition coefficient (Wildman–Crippen LogP) is 2.31. The number of nitrogens with zero attached hydrogens (tertiary/aromatic N) is 5. The second kappa shape index (κ2) is 6.09. The SMILES string of the molecule is Cn1c(=O)c2ccccc2n2c(SCCc3ccccn3)nnc12. The van der Waals surface area contributed by atoms with E-state index in [1.807, 2.05) is 46.9 Å². The number of thioether (sulfide) groups is 1. The molecule has 4 rings (SSSR count). The van der Waals surface area contributed by atoms with Gasteiger partial charge in [-0.25, -0.2) is 0 Å². The average molecular weight is 337 g/mol. The molecule has 0 saturated carbocycles. The molecule has 1 aromatic carbocycles. The van der Waals surface area contributed by atoms with Crippen LogP contribution in [-0.4, -0.2) is 29.9 Å². The van der Waals surface area contributed by atoms with Gasteiger partial charge in [0.05, 0.1) is 10.9 Å². The number of hydrogen-bond acceptors (Lipinski definition) is 5. The molecule has 6 nitrogen and oxygen atoms in total. The van der Waals surface area contributed by atoms with Crippen molar-refractivity contribution in [2.45, 2.75) is 11.6 Å². The second-order valence-corrected chi connectivity index (χ2v) is 6.48. The monoisotopic (exact) mass is 337 g/mol. The van der Waals surface area contributed by atoms with Crippen LogP contribution in [0, 0.1) is 0 Å². The van der Waals surface area contributed by atoms with Crippen molar-refractivity contribution in [3.63, 3.8) is 0 Å². The van der Waals surface area contributed by atoms with Gasteiger partial charge in [-0.15, -0.1) is 10.2 Å². The number of rotatable bonds is 4. The van der Waals surface area contributed by atoms with Gasteiger partial charge in [-0.1, -0.05) is 30.0 Å². The van der Waals surface area contributed by atoms with Crippen molar-refractivity contribution in [1.82, 2.24) is 24.1 Å². The van der Waals surface area contributed by atoms with Crippen LogP contribution >= 0.6 is 11.8 Å². The van der Waals surface area contributed by atoms with Crippen LogP contribution in [0.2, 0.25) is 0 Å². The Morgan fingerprint density at radius 3 is 2.75 bits per heavy atom. The molecule has 4 aromatic rings. The highest BCUT2D eigenvalue weighted by molar-refractivity contribution is 7.99. The van der Waals surface area contributed by atoms with E-state index in [4.69, 9.17) is 0 Å². The van der Waals surface area contributed by atoms with Gasteiger partial charge in [0.2, 0.25) is 5.78 Å². The molecule has 0 aliphatic heterocycles. The molecular formula is C17H15N5OS. The van der Waals surface area contributed by atoms with Crippen LogP contribution < -0.4 is 5.56 Å². The average Bonchev–Trinajstić information content (AvgIpc) is 3.05. The minimum Gasteiger partial charge on any atom is -0.279 e. The summed E-state index contributed by atoms with van der Waals surface area (Å²) in [4.78, 5) is 16.8. The van der Waals surface area contributed by atoms with Gasteiger partial charge in [0.15, 0.2) is 5.16 Å². The van der Waals surface area contributed by atoms with Crippen molar-refractivity contribution in [3.8, 4) is 0 Å². The number of fused-ring (bicyclic) bond motifs is 3. The Balaban J connectivity index is 1.73. The zero-order valence-corrected chi connectivity index (χ0v) is 13.9. The molecule has 0 unspecified atom stereocenters. The Kier molecular flexibility index (Phi) is 3.78. The third-order valence-electron chi connectivity index (χ3n) is 3.91. The van der Waals surface area contributed by atoms with Gasteiger partial charge in [0.1, 0.15) is 0 Å². The first-order valence-electron chi connectivity index (χ1n) is 7.61.